The van der Waals surface area contributed by atoms with Gasteiger partial charge in [-0.15, -0.1) is 0 Å². The normalized spacial score (nSPS) is 12.6. The van der Waals surface area contributed by atoms with Gasteiger partial charge in [0.05, 0.1) is 10.9 Å². The average molecular weight is 360 g/mol. The quantitative estimate of drug-likeness (QED) is 0.794. The van der Waals surface area contributed by atoms with Crippen LogP contribution in [0.1, 0.15) is 29.2 Å². The van der Waals surface area contributed by atoms with Gasteiger partial charge in [-0.2, -0.15) is 0 Å². The highest BCUT2D eigenvalue weighted by Gasteiger charge is 2.18. The van der Waals surface area contributed by atoms with Crippen molar-refractivity contribution in [2.24, 2.45) is 0 Å². The molecule has 0 saturated heterocycles. The Morgan fingerprint density at radius 1 is 1.08 bits per heavy atom. The van der Waals surface area contributed by atoms with Crippen molar-refractivity contribution in [1.29, 1.82) is 0 Å². The van der Waals surface area contributed by atoms with E-state index in [1.54, 1.807) is 25.2 Å². The molecule has 0 spiro atoms. The molecule has 6 heteroatoms. The van der Waals surface area contributed by atoms with E-state index < -0.39 is 15.9 Å². The molecule has 1 amide bonds. The highest BCUT2D eigenvalue weighted by molar-refractivity contribution is 7.90. The van der Waals surface area contributed by atoms with Crippen molar-refractivity contribution in [3.63, 3.8) is 0 Å². The summed E-state index contributed by atoms with van der Waals surface area (Å²) < 4.78 is 23.7. The van der Waals surface area contributed by atoms with Crippen LogP contribution in [0.15, 0.2) is 53.4 Å². The summed E-state index contributed by atoms with van der Waals surface area (Å²) in [5, 5.41) is 5.96. The summed E-state index contributed by atoms with van der Waals surface area (Å²) >= 11 is 0. The van der Waals surface area contributed by atoms with E-state index in [-0.39, 0.29) is 10.8 Å². The van der Waals surface area contributed by atoms with E-state index in [0.717, 1.165) is 16.7 Å². The summed E-state index contributed by atoms with van der Waals surface area (Å²) in [5.41, 5.74) is 2.77. The minimum absolute atomic E-state index is 0.0929. The number of nitrogens with one attached hydrogen (secondary N) is 2. The highest BCUT2D eigenvalue weighted by Crippen LogP contribution is 2.25. The molecule has 0 saturated carbocycles. The van der Waals surface area contributed by atoms with Gasteiger partial charge in [0.15, 0.2) is 9.84 Å². The first kappa shape index (κ1) is 19.1. The standard InChI is InChI=1S/C19H24N2O3S/c1-14-7-9-15(10-8-14)19(21-18(22)11-12-20-2)16-5-4-6-17(13-16)25(3,23)24/h4-10,13,19-20H,11-12H2,1-3H3,(H,21,22). The second kappa shape index (κ2) is 8.27. The molecular weight excluding hydrogens is 336 g/mol. The molecule has 2 rings (SSSR count). The van der Waals surface area contributed by atoms with Gasteiger partial charge in [-0.3, -0.25) is 4.79 Å². The highest BCUT2D eigenvalue weighted by atomic mass is 32.2. The predicted molar refractivity (Wildman–Crippen MR) is 99.3 cm³/mol. The molecule has 0 aromatic heterocycles. The number of carbonyl (C=O) groups excluding carboxylic acids is 1. The Kier molecular flexibility index (Phi) is 6.33. The fourth-order valence-corrected chi connectivity index (χ4v) is 3.19. The van der Waals surface area contributed by atoms with E-state index in [9.17, 15) is 13.2 Å². The third-order valence-corrected chi connectivity index (χ3v) is 5.05. The van der Waals surface area contributed by atoms with Crippen molar-refractivity contribution in [3.05, 3.63) is 65.2 Å². The molecule has 5 nitrogen and oxygen atoms in total. The Labute approximate surface area is 149 Å². The van der Waals surface area contributed by atoms with E-state index in [4.69, 9.17) is 0 Å². The van der Waals surface area contributed by atoms with Gasteiger partial charge in [-0.1, -0.05) is 42.0 Å². The van der Waals surface area contributed by atoms with Gasteiger partial charge in [-0.25, -0.2) is 8.42 Å². The minimum atomic E-state index is -3.31. The molecule has 0 bridgehead atoms. The maximum Gasteiger partial charge on any atom is 0.222 e. The first-order valence-corrected chi connectivity index (χ1v) is 10.0. The molecular formula is C19H24N2O3S. The van der Waals surface area contributed by atoms with Crippen LogP contribution in [0.3, 0.4) is 0 Å². The molecule has 0 aliphatic carbocycles. The van der Waals surface area contributed by atoms with Crippen molar-refractivity contribution in [2.75, 3.05) is 19.8 Å². The van der Waals surface area contributed by atoms with Gasteiger partial charge in [0.1, 0.15) is 0 Å². The van der Waals surface area contributed by atoms with E-state index >= 15 is 0 Å². The molecule has 0 aliphatic heterocycles. The van der Waals surface area contributed by atoms with Gasteiger partial charge >= 0.3 is 0 Å². The van der Waals surface area contributed by atoms with E-state index in [1.165, 1.54) is 6.26 Å². The Morgan fingerprint density at radius 2 is 1.76 bits per heavy atom. The predicted octanol–water partition coefficient (Wildman–Crippen LogP) is 2.21. The summed E-state index contributed by atoms with van der Waals surface area (Å²) in [5.74, 6) is -0.0929. The third kappa shape index (κ3) is 5.41. The Morgan fingerprint density at radius 3 is 2.36 bits per heavy atom. The van der Waals surface area contributed by atoms with Gasteiger partial charge in [0.25, 0.3) is 0 Å². The number of benzene rings is 2. The molecule has 1 unspecified atom stereocenters. The zero-order valence-corrected chi connectivity index (χ0v) is 15.6. The van der Waals surface area contributed by atoms with Crippen molar-refractivity contribution in [1.82, 2.24) is 10.6 Å². The first-order valence-electron chi connectivity index (χ1n) is 8.12. The third-order valence-electron chi connectivity index (χ3n) is 3.94. The molecule has 1 atom stereocenters. The molecule has 134 valence electrons. The minimum Gasteiger partial charge on any atom is -0.345 e. The van der Waals surface area contributed by atoms with Gasteiger partial charge in [0.2, 0.25) is 5.91 Å². The van der Waals surface area contributed by atoms with E-state index in [1.807, 2.05) is 37.3 Å². The van der Waals surface area contributed by atoms with Gasteiger partial charge in [-0.05, 0) is 37.2 Å². The SMILES string of the molecule is CNCCC(=O)NC(c1ccc(C)cc1)c1cccc(S(C)(=O)=O)c1. The van der Waals surface area contributed by atoms with Crippen LogP contribution in [0.25, 0.3) is 0 Å². The number of aryl methyl sites for hydroxylation is 1. The Bertz CT molecular complexity index is 830. The number of hydrogen-bond donors (Lipinski definition) is 2. The van der Waals surface area contributed by atoms with Gasteiger partial charge < -0.3 is 10.6 Å². The van der Waals surface area contributed by atoms with Crippen LogP contribution in [0.4, 0.5) is 0 Å². The smallest absolute Gasteiger partial charge is 0.222 e. The van der Waals surface area contributed by atoms with Crippen molar-refractivity contribution in [2.45, 2.75) is 24.3 Å². The molecule has 25 heavy (non-hydrogen) atoms. The van der Waals surface area contributed by atoms with Crippen LogP contribution in [-0.2, 0) is 14.6 Å². The Balaban J connectivity index is 2.40. The van der Waals surface area contributed by atoms with Crippen LogP contribution in [0.2, 0.25) is 0 Å². The second-order valence-electron chi connectivity index (χ2n) is 6.11. The van der Waals surface area contributed by atoms with Crippen molar-refractivity contribution in [3.8, 4) is 0 Å². The summed E-state index contributed by atoms with van der Waals surface area (Å²) in [6.45, 7) is 2.57. The maximum atomic E-state index is 12.2. The second-order valence-corrected chi connectivity index (χ2v) is 8.13. The molecule has 0 radical (unpaired) electrons. The van der Waals surface area contributed by atoms with E-state index in [2.05, 4.69) is 10.6 Å². The first-order chi connectivity index (χ1) is 11.8. The lowest BCUT2D eigenvalue weighted by Crippen LogP contribution is -2.31. The molecule has 0 fully saturated rings. The van der Waals surface area contributed by atoms with Crippen LogP contribution < -0.4 is 10.6 Å². The van der Waals surface area contributed by atoms with Gasteiger partial charge in [0, 0.05) is 19.2 Å². The number of hydrogen-bond acceptors (Lipinski definition) is 4. The van der Waals surface area contributed by atoms with Crippen molar-refractivity contribution >= 4 is 15.7 Å². The topological polar surface area (TPSA) is 75.3 Å². The summed E-state index contributed by atoms with van der Waals surface area (Å²) in [4.78, 5) is 12.5. The molecule has 0 heterocycles. The molecule has 0 aliphatic rings. The maximum absolute atomic E-state index is 12.2. The number of amides is 1. The van der Waals surface area contributed by atoms with Crippen LogP contribution >= 0.6 is 0 Å². The largest absolute Gasteiger partial charge is 0.345 e. The van der Waals surface area contributed by atoms with E-state index in [0.29, 0.717) is 13.0 Å². The number of rotatable bonds is 7. The molecule has 2 aromatic rings. The fraction of sp³-hybridized carbons (Fsp3) is 0.316. The number of carbonyl (C=O) groups is 1. The monoisotopic (exact) mass is 360 g/mol. The summed E-state index contributed by atoms with van der Waals surface area (Å²) in [6.07, 6.45) is 1.53. The van der Waals surface area contributed by atoms with Crippen molar-refractivity contribution < 1.29 is 13.2 Å². The van der Waals surface area contributed by atoms with Crippen LogP contribution in [0, 0.1) is 6.92 Å². The Hall–Kier alpha value is -2.18. The molecule has 2 aromatic carbocycles. The lowest BCUT2D eigenvalue weighted by molar-refractivity contribution is -0.121. The molecule has 2 N–H and O–H groups in total. The van der Waals surface area contributed by atoms with Crippen LogP contribution in [0.5, 0.6) is 0 Å². The zero-order valence-electron chi connectivity index (χ0n) is 14.7. The van der Waals surface area contributed by atoms with Crippen LogP contribution in [-0.4, -0.2) is 34.2 Å². The summed E-state index contributed by atoms with van der Waals surface area (Å²) in [7, 11) is -1.52. The lowest BCUT2D eigenvalue weighted by Gasteiger charge is -2.21. The fourth-order valence-electron chi connectivity index (χ4n) is 2.51. The summed E-state index contributed by atoms with van der Waals surface area (Å²) in [6, 6.07) is 14.2. The number of sulfone groups is 1. The zero-order chi connectivity index (χ0) is 18.4. The lowest BCUT2D eigenvalue weighted by atomic mass is 9.97. The average Bonchev–Trinajstić information content (AvgIpc) is 2.58.